The van der Waals surface area contributed by atoms with E-state index in [1.54, 1.807) is 0 Å². The van der Waals surface area contributed by atoms with Crippen LogP contribution in [0.3, 0.4) is 0 Å². The molecule has 2 nitrogen and oxygen atoms in total. The maximum absolute atomic E-state index is 3.42. The van der Waals surface area contributed by atoms with Crippen LogP contribution < -0.4 is 5.32 Å². The summed E-state index contributed by atoms with van der Waals surface area (Å²) in [5.74, 6) is 0. The van der Waals surface area contributed by atoms with E-state index >= 15 is 0 Å². The Hall–Kier alpha value is -0.130. The molecule has 15 heavy (non-hydrogen) atoms. The van der Waals surface area contributed by atoms with Crippen LogP contribution in [-0.4, -0.2) is 30.6 Å². The van der Waals surface area contributed by atoms with E-state index in [0.717, 1.165) is 26.2 Å². The zero-order valence-corrected chi connectivity index (χ0v) is 11.2. The van der Waals surface area contributed by atoms with Crippen molar-refractivity contribution in [2.45, 2.75) is 19.5 Å². The van der Waals surface area contributed by atoms with E-state index in [4.69, 9.17) is 0 Å². The van der Waals surface area contributed by atoms with Crippen LogP contribution in [0.2, 0.25) is 0 Å². The van der Waals surface area contributed by atoms with Crippen molar-refractivity contribution in [3.8, 4) is 0 Å². The summed E-state index contributed by atoms with van der Waals surface area (Å²) in [6.45, 7) is 6.77. The molecular formula is C12H17IN2. The van der Waals surface area contributed by atoms with Crippen LogP contribution in [0.25, 0.3) is 0 Å². The van der Waals surface area contributed by atoms with Gasteiger partial charge in [-0.2, -0.15) is 0 Å². The van der Waals surface area contributed by atoms with Crippen molar-refractivity contribution in [1.29, 1.82) is 0 Å². The fourth-order valence-electron chi connectivity index (χ4n) is 1.94. The minimum Gasteiger partial charge on any atom is -0.314 e. The molecule has 0 aromatic heterocycles. The summed E-state index contributed by atoms with van der Waals surface area (Å²) in [6, 6.07) is 9.48. The predicted octanol–water partition coefficient (Wildman–Crippen LogP) is 2.08. The van der Waals surface area contributed by atoms with Gasteiger partial charge in [0.25, 0.3) is 0 Å². The van der Waals surface area contributed by atoms with Crippen LogP contribution in [-0.2, 0) is 6.54 Å². The summed E-state index contributed by atoms with van der Waals surface area (Å²) >= 11 is 2.35. The molecule has 1 aromatic rings. The summed E-state index contributed by atoms with van der Waals surface area (Å²) in [4.78, 5) is 2.54. The van der Waals surface area contributed by atoms with E-state index in [1.165, 1.54) is 9.13 Å². The molecule has 1 fully saturated rings. The molecule has 82 valence electrons. The van der Waals surface area contributed by atoms with Gasteiger partial charge in [-0.25, -0.2) is 0 Å². The first-order valence-electron chi connectivity index (χ1n) is 5.45. The van der Waals surface area contributed by atoms with E-state index in [9.17, 15) is 0 Å². The topological polar surface area (TPSA) is 15.3 Å². The molecule has 0 spiro atoms. The molecule has 0 saturated carbocycles. The highest BCUT2D eigenvalue weighted by molar-refractivity contribution is 14.1. The van der Waals surface area contributed by atoms with Gasteiger partial charge in [0, 0.05) is 35.8 Å². The van der Waals surface area contributed by atoms with Crippen molar-refractivity contribution >= 4 is 22.6 Å². The molecule has 1 aromatic carbocycles. The lowest BCUT2D eigenvalue weighted by Gasteiger charge is -2.33. The number of rotatable bonds is 2. The molecule has 1 aliphatic rings. The van der Waals surface area contributed by atoms with Crippen molar-refractivity contribution in [2.24, 2.45) is 0 Å². The van der Waals surface area contributed by atoms with Gasteiger partial charge < -0.3 is 5.32 Å². The second kappa shape index (κ2) is 5.27. The lowest BCUT2D eigenvalue weighted by molar-refractivity contribution is 0.165. The summed E-state index contributed by atoms with van der Waals surface area (Å²) in [5, 5.41) is 3.42. The maximum atomic E-state index is 3.42. The molecule has 3 heteroatoms. The van der Waals surface area contributed by atoms with Gasteiger partial charge in [-0.05, 0) is 47.2 Å². The second-order valence-electron chi connectivity index (χ2n) is 4.15. The highest BCUT2D eigenvalue weighted by Crippen LogP contribution is 2.12. The SMILES string of the molecule is C[C@H]1CNCCN1Cc1ccc(I)cc1. The molecule has 1 N–H and O–H groups in total. The monoisotopic (exact) mass is 316 g/mol. The van der Waals surface area contributed by atoms with Crippen LogP contribution in [0.1, 0.15) is 12.5 Å². The van der Waals surface area contributed by atoms with Crippen LogP contribution in [0.4, 0.5) is 0 Å². The van der Waals surface area contributed by atoms with E-state index in [1.807, 2.05) is 0 Å². The molecule has 0 bridgehead atoms. The fourth-order valence-corrected chi connectivity index (χ4v) is 2.30. The number of halogens is 1. The highest BCUT2D eigenvalue weighted by atomic mass is 127. The van der Waals surface area contributed by atoms with Crippen molar-refractivity contribution < 1.29 is 0 Å². The first-order valence-corrected chi connectivity index (χ1v) is 6.53. The quantitative estimate of drug-likeness (QED) is 0.841. The number of hydrogen-bond acceptors (Lipinski definition) is 2. The van der Waals surface area contributed by atoms with Gasteiger partial charge >= 0.3 is 0 Å². The van der Waals surface area contributed by atoms with E-state index in [-0.39, 0.29) is 0 Å². The van der Waals surface area contributed by atoms with Crippen LogP contribution in [0.15, 0.2) is 24.3 Å². The Morgan fingerprint density at radius 2 is 2.13 bits per heavy atom. The van der Waals surface area contributed by atoms with Crippen molar-refractivity contribution in [3.05, 3.63) is 33.4 Å². The Morgan fingerprint density at radius 1 is 1.40 bits per heavy atom. The van der Waals surface area contributed by atoms with Gasteiger partial charge in [0.2, 0.25) is 0 Å². The Kier molecular flexibility index (Phi) is 3.99. The van der Waals surface area contributed by atoms with E-state index in [2.05, 4.69) is 64.0 Å². The van der Waals surface area contributed by atoms with E-state index in [0.29, 0.717) is 6.04 Å². The van der Waals surface area contributed by atoms with Gasteiger partial charge in [0.1, 0.15) is 0 Å². The third kappa shape index (κ3) is 3.16. The van der Waals surface area contributed by atoms with Crippen LogP contribution in [0, 0.1) is 3.57 Å². The molecule has 1 heterocycles. The third-order valence-electron chi connectivity index (χ3n) is 2.94. The van der Waals surface area contributed by atoms with Crippen LogP contribution >= 0.6 is 22.6 Å². The number of hydrogen-bond donors (Lipinski definition) is 1. The summed E-state index contributed by atoms with van der Waals surface area (Å²) in [6.07, 6.45) is 0. The van der Waals surface area contributed by atoms with Gasteiger partial charge in [-0.1, -0.05) is 12.1 Å². The summed E-state index contributed by atoms with van der Waals surface area (Å²) < 4.78 is 1.31. The normalized spacial score (nSPS) is 22.9. The number of benzene rings is 1. The molecular weight excluding hydrogens is 299 g/mol. The zero-order chi connectivity index (χ0) is 10.7. The smallest absolute Gasteiger partial charge is 0.0237 e. The first-order chi connectivity index (χ1) is 7.25. The number of piperazine rings is 1. The van der Waals surface area contributed by atoms with Crippen molar-refractivity contribution in [1.82, 2.24) is 10.2 Å². The lowest BCUT2D eigenvalue weighted by atomic mass is 10.1. The lowest BCUT2D eigenvalue weighted by Crippen LogP contribution is -2.49. The predicted molar refractivity (Wildman–Crippen MR) is 71.9 cm³/mol. The van der Waals surface area contributed by atoms with Gasteiger partial charge in [-0.15, -0.1) is 0 Å². The zero-order valence-electron chi connectivity index (χ0n) is 9.04. The largest absolute Gasteiger partial charge is 0.314 e. The number of nitrogens with one attached hydrogen (secondary N) is 1. The average molecular weight is 316 g/mol. The number of nitrogens with zero attached hydrogens (tertiary/aromatic N) is 1. The highest BCUT2D eigenvalue weighted by Gasteiger charge is 2.17. The molecule has 1 atom stereocenters. The minimum atomic E-state index is 0.651. The average Bonchev–Trinajstić information content (AvgIpc) is 2.25. The minimum absolute atomic E-state index is 0.651. The summed E-state index contributed by atoms with van der Waals surface area (Å²) in [7, 11) is 0. The first kappa shape index (κ1) is 11.4. The van der Waals surface area contributed by atoms with Crippen molar-refractivity contribution in [2.75, 3.05) is 19.6 Å². The molecule has 1 saturated heterocycles. The van der Waals surface area contributed by atoms with E-state index < -0.39 is 0 Å². The Balaban J connectivity index is 1.98. The fraction of sp³-hybridized carbons (Fsp3) is 0.500. The summed E-state index contributed by atoms with van der Waals surface area (Å²) in [5.41, 5.74) is 1.42. The Morgan fingerprint density at radius 3 is 2.80 bits per heavy atom. The second-order valence-corrected chi connectivity index (χ2v) is 5.40. The third-order valence-corrected chi connectivity index (χ3v) is 3.66. The Bertz CT molecular complexity index is 310. The van der Waals surface area contributed by atoms with Crippen LogP contribution in [0.5, 0.6) is 0 Å². The molecule has 0 radical (unpaired) electrons. The molecule has 2 rings (SSSR count). The van der Waals surface area contributed by atoms with Gasteiger partial charge in [-0.3, -0.25) is 4.90 Å². The Labute approximate surface area is 105 Å². The maximum Gasteiger partial charge on any atom is 0.0237 e. The van der Waals surface area contributed by atoms with Gasteiger partial charge in [0.15, 0.2) is 0 Å². The molecule has 0 unspecified atom stereocenters. The standard InChI is InChI=1S/C12H17IN2/c1-10-8-14-6-7-15(10)9-11-2-4-12(13)5-3-11/h2-5,10,14H,6-9H2,1H3/t10-/m0/s1. The molecule has 0 aliphatic carbocycles. The molecule has 0 amide bonds. The molecule has 1 aliphatic heterocycles. The van der Waals surface area contributed by atoms with Gasteiger partial charge in [0.05, 0.1) is 0 Å². The van der Waals surface area contributed by atoms with Crippen molar-refractivity contribution in [3.63, 3.8) is 0 Å².